The summed E-state index contributed by atoms with van der Waals surface area (Å²) < 4.78 is 19.6. The van der Waals surface area contributed by atoms with E-state index in [1.165, 1.54) is 6.07 Å². The molecule has 2 N–H and O–H groups in total. The minimum Gasteiger partial charge on any atom is -0.376 e. The number of hydrogen-bond donors (Lipinski definition) is 2. The summed E-state index contributed by atoms with van der Waals surface area (Å²) in [5, 5.41) is 7.74. The fourth-order valence-corrected chi connectivity index (χ4v) is 4.71. The molecule has 0 saturated heterocycles. The number of amides is 2. The highest BCUT2D eigenvalue weighted by Gasteiger charge is 2.50. The number of halogens is 2. The number of H-pyrrole nitrogens is 2. The molecule has 1 aromatic carbocycles. The topological polar surface area (TPSA) is 94.3 Å². The number of fused-ring (bicyclic) bond motifs is 2. The molecule has 10 heteroatoms. The van der Waals surface area contributed by atoms with E-state index < -0.39 is 5.82 Å². The zero-order valence-electron chi connectivity index (χ0n) is 19.4. The molecule has 34 heavy (non-hydrogen) atoms. The van der Waals surface area contributed by atoms with Gasteiger partial charge in [-0.05, 0) is 44.9 Å². The number of nitrogens with one attached hydrogen (secondary N) is 2. The van der Waals surface area contributed by atoms with Crippen LogP contribution in [0.5, 0.6) is 0 Å². The van der Waals surface area contributed by atoms with Gasteiger partial charge in [-0.3, -0.25) is 14.7 Å². The summed E-state index contributed by atoms with van der Waals surface area (Å²) in [5.74, 6) is -0.951. The van der Waals surface area contributed by atoms with Crippen LogP contribution in [0.15, 0.2) is 18.2 Å². The molecule has 1 aliphatic heterocycles. The van der Waals surface area contributed by atoms with Gasteiger partial charge in [-0.1, -0.05) is 11.6 Å². The van der Waals surface area contributed by atoms with Gasteiger partial charge in [0.25, 0.3) is 11.8 Å². The monoisotopic (exact) mass is 487 g/mol. The van der Waals surface area contributed by atoms with Gasteiger partial charge in [0.05, 0.1) is 29.8 Å². The van der Waals surface area contributed by atoms with Crippen molar-refractivity contribution in [1.29, 1.82) is 0 Å². The maximum atomic E-state index is 13.8. The van der Waals surface area contributed by atoms with Crippen molar-refractivity contribution in [2.45, 2.75) is 51.3 Å². The van der Waals surface area contributed by atoms with Crippen LogP contribution in [0, 0.1) is 5.82 Å². The van der Waals surface area contributed by atoms with Gasteiger partial charge in [-0.2, -0.15) is 5.10 Å². The standard InChI is InChI=1S/C24H27ClFN5O3/c1-13(2)34-12-24(7-8-24)30(3)23(33)21-15-11-31(9-6-18(15)28-29-21)22(32)19-10-14-17(27-19)5-4-16(26)20(14)25/h4-5,10,13,27H,6-9,11-12H2,1-3H3,(H,28,29). The molecule has 8 nitrogen and oxygen atoms in total. The lowest BCUT2D eigenvalue weighted by Crippen LogP contribution is -2.43. The highest BCUT2D eigenvalue weighted by Crippen LogP contribution is 2.42. The van der Waals surface area contributed by atoms with Gasteiger partial charge in [0.15, 0.2) is 5.69 Å². The first-order valence-corrected chi connectivity index (χ1v) is 11.8. The number of likely N-dealkylation sites (N-methyl/N-ethyl adjacent to an activating group) is 1. The molecule has 2 aromatic heterocycles. The second-order valence-corrected chi connectivity index (χ2v) is 9.84. The molecular formula is C24H27ClFN5O3. The van der Waals surface area contributed by atoms with Crippen LogP contribution < -0.4 is 0 Å². The summed E-state index contributed by atoms with van der Waals surface area (Å²) in [4.78, 5) is 33.0. The number of ether oxygens (including phenoxy) is 1. The number of hydrogen-bond acceptors (Lipinski definition) is 4. The first-order chi connectivity index (χ1) is 16.2. The van der Waals surface area contributed by atoms with Gasteiger partial charge >= 0.3 is 0 Å². The number of nitrogens with zero attached hydrogens (tertiary/aromatic N) is 3. The molecule has 5 rings (SSSR count). The Morgan fingerprint density at radius 1 is 1.35 bits per heavy atom. The predicted octanol–water partition coefficient (Wildman–Crippen LogP) is 3.91. The van der Waals surface area contributed by atoms with Gasteiger partial charge in [-0.15, -0.1) is 0 Å². The van der Waals surface area contributed by atoms with E-state index in [0.29, 0.717) is 41.9 Å². The predicted molar refractivity (Wildman–Crippen MR) is 125 cm³/mol. The molecule has 2 amide bonds. The Morgan fingerprint density at radius 3 is 2.82 bits per heavy atom. The van der Waals surface area contributed by atoms with E-state index in [9.17, 15) is 14.0 Å². The Bertz CT molecular complexity index is 1280. The zero-order valence-corrected chi connectivity index (χ0v) is 20.1. The van der Waals surface area contributed by atoms with Crippen molar-refractivity contribution in [2.24, 2.45) is 0 Å². The van der Waals surface area contributed by atoms with Gasteiger partial charge in [0, 0.05) is 42.2 Å². The largest absolute Gasteiger partial charge is 0.376 e. The third kappa shape index (κ3) is 3.86. The van der Waals surface area contributed by atoms with Crippen molar-refractivity contribution in [2.75, 3.05) is 20.2 Å². The number of aromatic amines is 2. The van der Waals surface area contributed by atoms with Gasteiger partial charge < -0.3 is 19.5 Å². The average Bonchev–Trinajstić information content (AvgIpc) is 3.30. The smallest absolute Gasteiger partial charge is 0.274 e. The SMILES string of the molecule is CC(C)OCC1(N(C)C(=O)c2n[nH]c3c2CN(C(=O)c2cc4c(Cl)c(F)ccc4[nH]2)CC3)CC1. The molecule has 2 aliphatic rings. The summed E-state index contributed by atoms with van der Waals surface area (Å²) in [6.45, 7) is 5.18. The third-order valence-electron chi connectivity index (χ3n) is 6.87. The van der Waals surface area contributed by atoms with Crippen LogP contribution >= 0.6 is 11.6 Å². The summed E-state index contributed by atoms with van der Waals surface area (Å²) in [6, 6.07) is 4.39. The normalized spacial score (nSPS) is 16.7. The van der Waals surface area contributed by atoms with E-state index in [1.54, 1.807) is 29.0 Å². The lowest BCUT2D eigenvalue weighted by atomic mass is 10.0. The molecule has 1 fully saturated rings. The van der Waals surface area contributed by atoms with Crippen LogP contribution in [0.3, 0.4) is 0 Å². The number of aromatic nitrogens is 3. The van der Waals surface area contributed by atoms with Crippen molar-refractivity contribution in [3.8, 4) is 0 Å². The Morgan fingerprint density at radius 2 is 2.12 bits per heavy atom. The number of benzene rings is 1. The number of carbonyl (C=O) groups is 2. The Kier molecular flexibility index (Phi) is 5.64. The quantitative estimate of drug-likeness (QED) is 0.551. The summed E-state index contributed by atoms with van der Waals surface area (Å²) >= 11 is 6.07. The summed E-state index contributed by atoms with van der Waals surface area (Å²) in [7, 11) is 1.79. The lowest BCUT2D eigenvalue weighted by Gasteiger charge is -2.30. The van der Waals surface area contributed by atoms with Crippen molar-refractivity contribution in [3.05, 3.63) is 51.7 Å². The molecule has 0 atom stereocenters. The molecule has 0 radical (unpaired) electrons. The molecule has 1 aliphatic carbocycles. The van der Waals surface area contributed by atoms with E-state index in [2.05, 4.69) is 15.2 Å². The maximum Gasteiger partial charge on any atom is 0.274 e. The zero-order chi connectivity index (χ0) is 24.2. The second kappa shape index (κ2) is 8.39. The Hall–Kier alpha value is -2.91. The van der Waals surface area contributed by atoms with Crippen LogP contribution in [0.2, 0.25) is 5.02 Å². The van der Waals surface area contributed by atoms with Crippen LogP contribution in [0.1, 0.15) is 58.9 Å². The summed E-state index contributed by atoms with van der Waals surface area (Å²) in [6.07, 6.45) is 2.43. The van der Waals surface area contributed by atoms with E-state index in [-0.39, 0.29) is 35.0 Å². The molecule has 3 heterocycles. The molecular weight excluding hydrogens is 461 g/mol. The molecule has 3 aromatic rings. The van der Waals surface area contributed by atoms with Crippen molar-refractivity contribution in [3.63, 3.8) is 0 Å². The number of rotatable bonds is 6. The minimum absolute atomic E-state index is 0.0186. The van der Waals surface area contributed by atoms with Crippen molar-refractivity contribution >= 4 is 34.3 Å². The van der Waals surface area contributed by atoms with Crippen molar-refractivity contribution < 1.29 is 18.7 Å². The van der Waals surface area contributed by atoms with E-state index >= 15 is 0 Å². The van der Waals surface area contributed by atoms with Gasteiger partial charge in [0.1, 0.15) is 11.5 Å². The minimum atomic E-state index is -0.535. The maximum absolute atomic E-state index is 13.8. The van der Waals surface area contributed by atoms with Crippen molar-refractivity contribution in [1.82, 2.24) is 25.0 Å². The second-order valence-electron chi connectivity index (χ2n) is 9.46. The Balaban J connectivity index is 1.36. The Labute approximate surface area is 201 Å². The highest BCUT2D eigenvalue weighted by molar-refractivity contribution is 6.35. The van der Waals surface area contributed by atoms with Crippen LogP contribution in [0.25, 0.3) is 10.9 Å². The molecule has 0 unspecified atom stereocenters. The number of carbonyl (C=O) groups excluding carboxylic acids is 2. The fraction of sp³-hybridized carbons (Fsp3) is 0.458. The van der Waals surface area contributed by atoms with Crippen LogP contribution in [-0.2, 0) is 17.7 Å². The van der Waals surface area contributed by atoms with E-state index in [4.69, 9.17) is 16.3 Å². The van der Waals surface area contributed by atoms with E-state index in [1.807, 2.05) is 13.8 Å². The average molecular weight is 488 g/mol. The fourth-order valence-electron chi connectivity index (χ4n) is 4.49. The van der Waals surface area contributed by atoms with E-state index in [0.717, 1.165) is 24.1 Å². The molecule has 0 bridgehead atoms. The third-order valence-corrected chi connectivity index (χ3v) is 7.26. The van der Waals surface area contributed by atoms with Crippen LogP contribution in [0.4, 0.5) is 4.39 Å². The lowest BCUT2D eigenvalue weighted by molar-refractivity contribution is 0.0200. The molecule has 0 spiro atoms. The molecule has 180 valence electrons. The van der Waals surface area contributed by atoms with Gasteiger partial charge in [-0.25, -0.2) is 4.39 Å². The van der Waals surface area contributed by atoms with Gasteiger partial charge in [0.2, 0.25) is 0 Å². The molecule has 1 saturated carbocycles. The van der Waals surface area contributed by atoms with Crippen LogP contribution in [-0.4, -0.2) is 68.6 Å². The summed E-state index contributed by atoms with van der Waals surface area (Å²) in [5.41, 5.74) is 2.56. The first kappa shape index (κ1) is 22.9. The highest BCUT2D eigenvalue weighted by atomic mass is 35.5. The first-order valence-electron chi connectivity index (χ1n) is 11.4.